The summed E-state index contributed by atoms with van der Waals surface area (Å²) in [4.78, 5) is 56.0. The van der Waals surface area contributed by atoms with Gasteiger partial charge in [-0.15, -0.1) is 0 Å². The Morgan fingerprint density at radius 1 is 1.06 bits per heavy atom. The van der Waals surface area contributed by atoms with Crippen LogP contribution in [0.4, 0.5) is 0 Å². The second-order valence-corrected chi connectivity index (χ2v) is 13.9. The van der Waals surface area contributed by atoms with Crippen LogP contribution in [-0.2, 0) is 23.8 Å². The summed E-state index contributed by atoms with van der Waals surface area (Å²) in [6.45, 7) is 8.06. The van der Waals surface area contributed by atoms with Gasteiger partial charge in [-0.1, -0.05) is 26.0 Å². The molecular formula is C37H38N2O10. The van der Waals surface area contributed by atoms with Crippen molar-refractivity contribution in [2.45, 2.75) is 77.8 Å². The van der Waals surface area contributed by atoms with Crippen molar-refractivity contribution >= 4 is 17.9 Å². The number of benzene rings is 1. The van der Waals surface area contributed by atoms with E-state index in [1.54, 1.807) is 37.4 Å². The van der Waals surface area contributed by atoms with Crippen molar-refractivity contribution in [3.8, 4) is 23.1 Å². The molecule has 3 heterocycles. The van der Waals surface area contributed by atoms with Gasteiger partial charge in [-0.05, 0) is 61.8 Å². The normalized spacial score (nSPS) is 31.4. The maximum Gasteiger partial charge on any atom is 0.345 e. The highest BCUT2D eigenvalue weighted by Gasteiger charge is 2.71. The Bertz CT molecular complexity index is 1900. The molecule has 2 aliphatic carbocycles. The molecule has 12 heteroatoms. The minimum absolute atomic E-state index is 0.0545. The first-order valence-electron chi connectivity index (χ1n) is 16.2. The molecule has 0 saturated heterocycles. The highest BCUT2D eigenvalue weighted by Crippen LogP contribution is 2.67. The molecule has 3 aliphatic rings. The van der Waals surface area contributed by atoms with Gasteiger partial charge in [0.05, 0.1) is 17.2 Å². The van der Waals surface area contributed by atoms with Crippen molar-refractivity contribution in [3.05, 3.63) is 82.0 Å². The number of pyridine rings is 1. The molecule has 1 aliphatic heterocycles. The van der Waals surface area contributed by atoms with Crippen LogP contribution in [0.1, 0.15) is 81.5 Å². The van der Waals surface area contributed by atoms with Crippen molar-refractivity contribution in [1.29, 1.82) is 5.26 Å². The molecule has 0 bridgehead atoms. The number of hydrogen-bond donors (Lipinski definition) is 1. The zero-order chi connectivity index (χ0) is 35.3. The fourth-order valence-electron chi connectivity index (χ4n) is 8.79. The van der Waals surface area contributed by atoms with Crippen molar-refractivity contribution in [2.75, 3.05) is 6.61 Å². The first-order chi connectivity index (χ1) is 23.2. The monoisotopic (exact) mass is 670 g/mol. The quantitative estimate of drug-likeness (QED) is 0.277. The molecule has 3 aromatic rings. The summed E-state index contributed by atoms with van der Waals surface area (Å²) in [5, 5.41) is 22.0. The Kier molecular flexibility index (Phi) is 8.61. The number of aliphatic hydroxyl groups is 1. The molecule has 0 spiro atoms. The average Bonchev–Trinajstić information content (AvgIpc) is 3.06. The topological polar surface area (TPSA) is 175 Å². The maximum atomic E-state index is 13.9. The van der Waals surface area contributed by atoms with Crippen LogP contribution in [-0.4, -0.2) is 52.4 Å². The molecule has 8 atom stereocenters. The van der Waals surface area contributed by atoms with E-state index in [4.69, 9.17) is 23.4 Å². The lowest BCUT2D eigenvalue weighted by Gasteiger charge is -2.66. The van der Waals surface area contributed by atoms with Crippen LogP contribution < -0.4 is 10.4 Å². The molecule has 0 unspecified atom stereocenters. The van der Waals surface area contributed by atoms with Gasteiger partial charge in [0, 0.05) is 49.2 Å². The maximum absolute atomic E-state index is 13.9. The van der Waals surface area contributed by atoms with Crippen molar-refractivity contribution < 1.29 is 42.9 Å². The Morgan fingerprint density at radius 2 is 1.82 bits per heavy atom. The van der Waals surface area contributed by atoms with Gasteiger partial charge in [0.25, 0.3) is 0 Å². The molecule has 1 aromatic carbocycles. The summed E-state index contributed by atoms with van der Waals surface area (Å²) in [6, 6.07) is 13.2. The van der Waals surface area contributed by atoms with E-state index in [1.807, 2.05) is 19.9 Å². The van der Waals surface area contributed by atoms with E-state index in [0.29, 0.717) is 18.4 Å². The predicted octanol–water partition coefficient (Wildman–Crippen LogP) is 4.92. The third-order valence-electron chi connectivity index (χ3n) is 10.9. The lowest BCUT2D eigenvalue weighted by Crippen LogP contribution is -2.71. The number of esters is 3. The van der Waals surface area contributed by atoms with Crippen LogP contribution in [0.5, 0.6) is 5.75 Å². The number of nitrogens with zero attached hydrogens (tertiary/aromatic N) is 2. The summed E-state index contributed by atoms with van der Waals surface area (Å²) in [5.41, 5.74) is -3.41. The summed E-state index contributed by atoms with van der Waals surface area (Å²) in [7, 11) is 0. The summed E-state index contributed by atoms with van der Waals surface area (Å²) >= 11 is 0. The van der Waals surface area contributed by atoms with Gasteiger partial charge in [0.2, 0.25) is 0 Å². The van der Waals surface area contributed by atoms with Crippen molar-refractivity contribution in [2.24, 2.45) is 22.7 Å². The fourth-order valence-corrected chi connectivity index (χ4v) is 8.79. The van der Waals surface area contributed by atoms with Crippen molar-refractivity contribution in [1.82, 2.24) is 4.98 Å². The molecule has 256 valence electrons. The molecule has 2 aromatic heterocycles. The van der Waals surface area contributed by atoms with Gasteiger partial charge in [0.15, 0.2) is 0 Å². The SMILES string of the molecule is CC(=O)OC[C@@]1(C)[C@@H]2C[C@H](OC(=O)c3ccccc3C#N)[C@@]3(C)Oc4cc(-c5cccnc5)oc(=O)c4[C@H](O)[C@@H]3[C@@]2(C)CC[C@@H]1OC(C)=O. The van der Waals surface area contributed by atoms with E-state index in [2.05, 4.69) is 4.98 Å². The van der Waals surface area contributed by atoms with Gasteiger partial charge >= 0.3 is 23.5 Å². The minimum atomic E-state index is -1.43. The Balaban J connectivity index is 1.52. The van der Waals surface area contributed by atoms with E-state index in [1.165, 1.54) is 38.2 Å². The number of hydrogen-bond acceptors (Lipinski definition) is 12. The second kappa shape index (κ2) is 12.5. The van der Waals surface area contributed by atoms with Crippen LogP contribution >= 0.6 is 0 Å². The molecular weight excluding hydrogens is 632 g/mol. The lowest BCUT2D eigenvalue weighted by atomic mass is 9.42. The highest BCUT2D eigenvalue weighted by atomic mass is 16.6. The number of carbonyl (C=O) groups excluding carboxylic acids is 3. The second-order valence-electron chi connectivity index (χ2n) is 13.9. The molecule has 2 saturated carbocycles. The smallest absolute Gasteiger partial charge is 0.345 e. The highest BCUT2D eigenvalue weighted by molar-refractivity contribution is 5.92. The largest absolute Gasteiger partial charge is 0.482 e. The average molecular weight is 671 g/mol. The third kappa shape index (κ3) is 5.65. The van der Waals surface area contributed by atoms with E-state index in [-0.39, 0.29) is 41.2 Å². The first kappa shape index (κ1) is 33.9. The molecule has 49 heavy (non-hydrogen) atoms. The van der Waals surface area contributed by atoms with Gasteiger partial charge in [0.1, 0.15) is 47.6 Å². The van der Waals surface area contributed by atoms with Crippen molar-refractivity contribution in [3.63, 3.8) is 0 Å². The Morgan fingerprint density at radius 3 is 2.49 bits per heavy atom. The fraction of sp³-hybridized carbons (Fsp3) is 0.459. The van der Waals surface area contributed by atoms with E-state index < -0.39 is 70.1 Å². The number of rotatable bonds is 6. The zero-order valence-electron chi connectivity index (χ0n) is 27.9. The number of ether oxygens (including phenoxy) is 4. The number of aromatic nitrogens is 1. The predicted molar refractivity (Wildman–Crippen MR) is 172 cm³/mol. The number of carbonyl (C=O) groups is 3. The number of aliphatic hydroxyl groups excluding tert-OH is 1. The number of nitriles is 1. The van der Waals surface area contributed by atoms with E-state index in [9.17, 15) is 29.5 Å². The summed E-state index contributed by atoms with van der Waals surface area (Å²) < 4.78 is 30.1. The molecule has 12 nitrogen and oxygen atoms in total. The lowest BCUT2D eigenvalue weighted by molar-refractivity contribution is -0.266. The molecule has 1 N–H and O–H groups in total. The Labute approximate surface area is 283 Å². The van der Waals surface area contributed by atoms with Crippen LogP contribution in [0.2, 0.25) is 0 Å². The van der Waals surface area contributed by atoms with Crippen LogP contribution in [0.3, 0.4) is 0 Å². The molecule has 0 radical (unpaired) electrons. The Hall–Kier alpha value is -5.02. The molecule has 0 amide bonds. The standard InChI is InChI=1S/C37H38N2O10/c1-20(40)45-19-36(4)27-16-29(48-33(43)24-11-7-6-9-22(24)17-38)37(5)32(35(27,3)13-12-28(36)46-21(2)41)31(42)30-26(49-37)15-25(47-34(30)44)23-10-8-14-39-18-23/h6-11,14-15,18,27-29,31-32,42H,12-13,16,19H2,1-5H3/t27-,28+,29+,31+,32-,35+,36+,37-/m1/s1. The van der Waals surface area contributed by atoms with Gasteiger partial charge < -0.3 is 28.5 Å². The van der Waals surface area contributed by atoms with Crippen LogP contribution in [0.25, 0.3) is 11.3 Å². The van der Waals surface area contributed by atoms with E-state index in [0.717, 1.165) is 0 Å². The molecule has 6 rings (SSSR count). The third-order valence-corrected chi connectivity index (χ3v) is 10.9. The van der Waals surface area contributed by atoms with Gasteiger partial charge in [-0.2, -0.15) is 5.26 Å². The van der Waals surface area contributed by atoms with Crippen LogP contribution in [0, 0.1) is 34.0 Å². The molecule has 2 fully saturated rings. The number of fused-ring (bicyclic) bond motifs is 4. The minimum Gasteiger partial charge on any atom is -0.482 e. The first-order valence-corrected chi connectivity index (χ1v) is 16.2. The van der Waals surface area contributed by atoms with Gasteiger partial charge in [-0.3, -0.25) is 14.6 Å². The van der Waals surface area contributed by atoms with E-state index >= 15 is 0 Å². The van der Waals surface area contributed by atoms with Crippen LogP contribution in [0.15, 0.2) is 64.1 Å². The zero-order valence-corrected chi connectivity index (χ0v) is 27.9. The summed E-state index contributed by atoms with van der Waals surface area (Å²) in [6.07, 6.45) is 0.894. The van der Waals surface area contributed by atoms with Gasteiger partial charge in [-0.25, -0.2) is 9.59 Å². The summed E-state index contributed by atoms with van der Waals surface area (Å²) in [5.74, 6) is -2.90.